The maximum absolute atomic E-state index is 14.5. The first-order valence-corrected chi connectivity index (χ1v) is 19.0. The molecule has 2 aliphatic rings. The summed E-state index contributed by atoms with van der Waals surface area (Å²) in [7, 11) is -0.474. The van der Waals surface area contributed by atoms with Crippen LogP contribution in [0.15, 0.2) is 54.6 Å². The van der Waals surface area contributed by atoms with Crippen LogP contribution in [0.5, 0.6) is 0 Å². The van der Waals surface area contributed by atoms with E-state index in [1.54, 1.807) is 4.90 Å². The Balaban J connectivity index is 1.30. The van der Waals surface area contributed by atoms with Gasteiger partial charge in [0, 0.05) is 22.6 Å². The van der Waals surface area contributed by atoms with E-state index in [4.69, 9.17) is 9.31 Å². The second-order valence-corrected chi connectivity index (χ2v) is 15.6. The largest absolute Gasteiger partial charge is 0.495 e. The molecule has 5 aromatic rings. The average molecular weight is 658 g/mol. The zero-order valence-electron chi connectivity index (χ0n) is 30.4. The molecule has 0 saturated carbocycles. The summed E-state index contributed by atoms with van der Waals surface area (Å²) < 4.78 is 13.0. The van der Waals surface area contributed by atoms with E-state index >= 15 is 0 Å². The van der Waals surface area contributed by atoms with Gasteiger partial charge >= 0.3 is 7.12 Å². The van der Waals surface area contributed by atoms with Gasteiger partial charge in [-0.1, -0.05) is 121 Å². The van der Waals surface area contributed by atoms with Gasteiger partial charge in [-0.3, -0.25) is 14.5 Å². The number of hydrogen-bond acceptors (Lipinski definition) is 4. The maximum Gasteiger partial charge on any atom is 0.495 e. The van der Waals surface area contributed by atoms with Crippen molar-refractivity contribution in [2.45, 2.75) is 136 Å². The fourth-order valence-corrected chi connectivity index (χ4v) is 8.41. The fourth-order valence-electron chi connectivity index (χ4n) is 8.41. The number of rotatable bonds is 14. The van der Waals surface area contributed by atoms with Gasteiger partial charge in [-0.2, -0.15) is 0 Å². The van der Waals surface area contributed by atoms with Crippen LogP contribution in [0.2, 0.25) is 0 Å². The van der Waals surface area contributed by atoms with Crippen LogP contribution in [-0.2, 0) is 9.31 Å². The quantitative estimate of drug-likeness (QED) is 0.0392. The fraction of sp³-hybridized carbons (Fsp3) is 0.488. The number of hydrogen-bond donors (Lipinski definition) is 0. The van der Waals surface area contributed by atoms with Gasteiger partial charge in [-0.25, -0.2) is 0 Å². The Labute approximate surface area is 292 Å². The lowest BCUT2D eigenvalue weighted by molar-refractivity contribution is 0.00578. The molecule has 49 heavy (non-hydrogen) atoms. The molecule has 1 fully saturated rings. The first-order chi connectivity index (χ1) is 23.6. The number of imide groups is 1. The van der Waals surface area contributed by atoms with Crippen molar-refractivity contribution in [2.75, 3.05) is 0 Å². The first kappa shape index (κ1) is 34.0. The van der Waals surface area contributed by atoms with Crippen LogP contribution in [-0.4, -0.2) is 41.1 Å². The van der Waals surface area contributed by atoms with E-state index in [1.165, 1.54) is 38.5 Å². The smallest absolute Gasteiger partial charge is 0.399 e. The predicted molar refractivity (Wildman–Crippen MR) is 204 cm³/mol. The van der Waals surface area contributed by atoms with Crippen molar-refractivity contribution in [1.29, 1.82) is 0 Å². The van der Waals surface area contributed by atoms with Crippen LogP contribution >= 0.6 is 0 Å². The molecule has 0 atom stereocenters. The Morgan fingerprint density at radius 3 is 1.59 bits per heavy atom. The maximum atomic E-state index is 14.5. The van der Waals surface area contributed by atoms with E-state index in [9.17, 15) is 9.59 Å². The van der Waals surface area contributed by atoms with E-state index in [-0.39, 0.29) is 17.9 Å². The molecule has 0 unspecified atom stereocenters. The SMILES string of the molecule is CCCCCCCC(CCCCCCC)N1C(=O)c2ccc3c4cccc5c(B6OC(C)(C)C(C)(C)O6)ccc(c6ccc(c2c36)C1=O)c54. The van der Waals surface area contributed by atoms with E-state index < -0.39 is 18.3 Å². The van der Waals surface area contributed by atoms with Crippen LogP contribution < -0.4 is 5.46 Å². The minimum Gasteiger partial charge on any atom is -0.399 e. The number of nitrogens with zero attached hydrogens (tertiary/aromatic N) is 1. The molecule has 0 spiro atoms. The zero-order valence-corrected chi connectivity index (χ0v) is 30.4. The monoisotopic (exact) mass is 657 g/mol. The van der Waals surface area contributed by atoms with E-state index in [1.807, 2.05) is 12.1 Å². The van der Waals surface area contributed by atoms with Gasteiger partial charge in [0.15, 0.2) is 0 Å². The van der Waals surface area contributed by atoms with E-state index in [2.05, 4.69) is 84.0 Å². The third-order valence-electron chi connectivity index (χ3n) is 11.9. The minimum absolute atomic E-state index is 0.0680. The number of benzene rings is 5. The van der Waals surface area contributed by atoms with Gasteiger partial charge in [0.2, 0.25) is 0 Å². The predicted octanol–water partition coefficient (Wildman–Crippen LogP) is 10.7. The summed E-state index contributed by atoms with van der Waals surface area (Å²) >= 11 is 0. The molecule has 1 saturated heterocycles. The molecule has 2 amide bonds. The zero-order chi connectivity index (χ0) is 34.5. The summed E-state index contributed by atoms with van der Waals surface area (Å²) in [6, 6.07) is 18.8. The molecular weight excluding hydrogens is 605 g/mol. The van der Waals surface area contributed by atoms with Crippen molar-refractivity contribution < 1.29 is 18.9 Å². The van der Waals surface area contributed by atoms with Gasteiger partial charge in [-0.05, 0) is 95.8 Å². The molecule has 6 heteroatoms. The first-order valence-electron chi connectivity index (χ1n) is 19.0. The Morgan fingerprint density at radius 2 is 1.04 bits per heavy atom. The Bertz CT molecular complexity index is 1930. The molecule has 0 N–H and O–H groups in total. The third kappa shape index (κ3) is 5.73. The molecule has 5 aromatic carbocycles. The number of unbranched alkanes of at least 4 members (excludes halogenated alkanes) is 8. The molecule has 0 radical (unpaired) electrons. The summed E-state index contributed by atoms with van der Waals surface area (Å²) in [6.45, 7) is 12.8. The lowest BCUT2D eigenvalue weighted by Crippen LogP contribution is -2.47. The summed E-state index contributed by atoms with van der Waals surface area (Å²) in [4.78, 5) is 30.6. The Hall–Kier alpha value is -3.48. The van der Waals surface area contributed by atoms with Gasteiger partial charge in [0.1, 0.15) is 0 Å². The molecule has 0 aromatic heterocycles. The second-order valence-electron chi connectivity index (χ2n) is 15.6. The lowest BCUT2D eigenvalue weighted by Gasteiger charge is -2.35. The Kier molecular flexibility index (Phi) is 9.25. The molecule has 0 aliphatic carbocycles. The normalized spacial score (nSPS) is 17.3. The standard InChI is InChI=1S/C43H52BNO4/c1-7-9-11-13-15-18-28(19-16-14-12-10-8-2)45-40(46)34-24-22-31-29-20-17-21-33-36(44-48-42(3,4)43(5,6)49-44)27-26-30(37(29)33)32-23-25-35(41(45)47)39(34)38(31)32/h17,20-28H,7-16,18-19H2,1-6H3. The van der Waals surface area contributed by atoms with Crippen LogP contribution in [0.25, 0.3) is 43.1 Å². The van der Waals surface area contributed by atoms with Crippen molar-refractivity contribution in [1.82, 2.24) is 4.90 Å². The van der Waals surface area contributed by atoms with Crippen molar-refractivity contribution >= 4 is 67.5 Å². The van der Waals surface area contributed by atoms with Gasteiger partial charge in [-0.15, -0.1) is 0 Å². The highest BCUT2D eigenvalue weighted by Gasteiger charge is 2.52. The van der Waals surface area contributed by atoms with Crippen LogP contribution in [0.4, 0.5) is 0 Å². The summed E-state index contributed by atoms with van der Waals surface area (Å²) in [6.07, 6.45) is 13.4. The molecule has 2 aliphatic heterocycles. The number of amides is 2. The number of fused-ring (bicyclic) bond motifs is 2. The van der Waals surface area contributed by atoms with Crippen molar-refractivity contribution in [2.24, 2.45) is 0 Å². The molecule has 2 heterocycles. The van der Waals surface area contributed by atoms with Gasteiger partial charge in [0.25, 0.3) is 11.8 Å². The van der Waals surface area contributed by atoms with Gasteiger partial charge in [0.05, 0.1) is 11.2 Å². The number of carbonyl (C=O) groups is 2. The molecular formula is C43H52BNO4. The third-order valence-corrected chi connectivity index (χ3v) is 11.9. The van der Waals surface area contributed by atoms with E-state index in [0.717, 1.165) is 87.1 Å². The topological polar surface area (TPSA) is 55.8 Å². The van der Waals surface area contributed by atoms with Crippen molar-refractivity contribution in [3.8, 4) is 0 Å². The molecule has 256 valence electrons. The van der Waals surface area contributed by atoms with Crippen molar-refractivity contribution in [3.05, 3.63) is 65.7 Å². The summed E-state index contributed by atoms with van der Waals surface area (Å²) in [5, 5.41) is 8.44. The molecule has 5 nitrogen and oxygen atoms in total. The van der Waals surface area contributed by atoms with E-state index in [0.29, 0.717) is 11.1 Å². The highest BCUT2D eigenvalue weighted by Crippen LogP contribution is 2.45. The van der Waals surface area contributed by atoms with Crippen LogP contribution in [0, 0.1) is 0 Å². The number of carbonyl (C=O) groups excluding carboxylic acids is 2. The summed E-state index contributed by atoms with van der Waals surface area (Å²) in [5.74, 6) is -0.262. The highest BCUT2D eigenvalue weighted by molar-refractivity contribution is 6.66. The lowest BCUT2D eigenvalue weighted by atomic mass is 9.74. The molecule has 7 rings (SSSR count). The van der Waals surface area contributed by atoms with Crippen LogP contribution in [0.3, 0.4) is 0 Å². The second kappa shape index (κ2) is 13.3. The van der Waals surface area contributed by atoms with Crippen LogP contribution in [0.1, 0.15) is 139 Å². The summed E-state index contributed by atoms with van der Waals surface area (Å²) in [5.41, 5.74) is 1.45. The average Bonchev–Trinajstić information content (AvgIpc) is 3.31. The highest BCUT2D eigenvalue weighted by atomic mass is 16.7. The van der Waals surface area contributed by atoms with Crippen molar-refractivity contribution in [3.63, 3.8) is 0 Å². The molecule has 0 bridgehead atoms. The van der Waals surface area contributed by atoms with Gasteiger partial charge < -0.3 is 9.31 Å². The minimum atomic E-state index is -0.474. The Morgan fingerprint density at radius 1 is 0.571 bits per heavy atom.